The van der Waals surface area contributed by atoms with Gasteiger partial charge in [0.2, 0.25) is 0 Å². The van der Waals surface area contributed by atoms with Gasteiger partial charge in [-0.3, -0.25) is 0 Å². The van der Waals surface area contributed by atoms with Gasteiger partial charge >= 0.3 is 0 Å². The van der Waals surface area contributed by atoms with Crippen LogP contribution in [-0.2, 0) is 6.42 Å². The SMILES string of the molecule is Cc1nc(CCN)n(-c2ccc(Cl)cc2Cl)n1. The van der Waals surface area contributed by atoms with Crippen LogP contribution in [0.4, 0.5) is 0 Å². The van der Waals surface area contributed by atoms with Crippen LogP contribution in [0.5, 0.6) is 0 Å². The van der Waals surface area contributed by atoms with E-state index in [1.807, 2.05) is 13.0 Å². The van der Waals surface area contributed by atoms with Crippen molar-refractivity contribution in [2.45, 2.75) is 13.3 Å². The molecule has 0 aliphatic heterocycles. The van der Waals surface area contributed by atoms with Crippen molar-refractivity contribution in [3.05, 3.63) is 39.9 Å². The second-order valence-electron chi connectivity index (χ2n) is 3.62. The van der Waals surface area contributed by atoms with Crippen LogP contribution in [0, 0.1) is 6.92 Å². The fourth-order valence-corrected chi connectivity index (χ4v) is 2.08. The molecule has 4 nitrogen and oxygen atoms in total. The Kier molecular flexibility index (Phi) is 3.66. The zero-order chi connectivity index (χ0) is 12.4. The third-order valence-corrected chi connectivity index (χ3v) is 2.82. The van der Waals surface area contributed by atoms with E-state index < -0.39 is 0 Å². The number of aromatic nitrogens is 3. The monoisotopic (exact) mass is 270 g/mol. The van der Waals surface area contributed by atoms with E-state index >= 15 is 0 Å². The number of aryl methyl sites for hydroxylation is 1. The molecule has 0 unspecified atom stereocenters. The lowest BCUT2D eigenvalue weighted by atomic mass is 10.3. The van der Waals surface area contributed by atoms with Gasteiger partial charge in [-0.1, -0.05) is 23.2 Å². The van der Waals surface area contributed by atoms with Crippen LogP contribution in [-0.4, -0.2) is 21.3 Å². The molecule has 2 N–H and O–H groups in total. The maximum Gasteiger partial charge on any atom is 0.148 e. The summed E-state index contributed by atoms with van der Waals surface area (Å²) in [6.07, 6.45) is 0.653. The Labute approximate surface area is 109 Å². The average molecular weight is 271 g/mol. The number of halogens is 2. The van der Waals surface area contributed by atoms with E-state index in [0.717, 1.165) is 11.5 Å². The Hall–Kier alpha value is -1.10. The molecule has 90 valence electrons. The average Bonchev–Trinajstić information content (AvgIpc) is 2.60. The number of benzene rings is 1. The Bertz CT molecular complexity index is 536. The molecule has 1 aromatic heterocycles. The zero-order valence-electron chi connectivity index (χ0n) is 9.32. The predicted molar refractivity (Wildman–Crippen MR) is 68.9 cm³/mol. The molecule has 0 spiro atoms. The maximum atomic E-state index is 6.14. The summed E-state index contributed by atoms with van der Waals surface area (Å²) in [7, 11) is 0. The fourth-order valence-electron chi connectivity index (χ4n) is 1.60. The van der Waals surface area contributed by atoms with Crippen molar-refractivity contribution >= 4 is 23.2 Å². The first-order valence-electron chi connectivity index (χ1n) is 5.20. The maximum absolute atomic E-state index is 6.14. The second kappa shape index (κ2) is 5.04. The molecule has 0 saturated heterocycles. The van der Waals surface area contributed by atoms with Crippen molar-refractivity contribution in [3.8, 4) is 5.69 Å². The summed E-state index contributed by atoms with van der Waals surface area (Å²) in [5.41, 5.74) is 6.31. The van der Waals surface area contributed by atoms with Crippen LogP contribution in [0.2, 0.25) is 10.0 Å². The molecular weight excluding hydrogens is 259 g/mol. The summed E-state index contributed by atoms with van der Waals surface area (Å²) in [6, 6.07) is 5.27. The molecular formula is C11H12Cl2N4. The normalized spacial score (nSPS) is 10.8. The molecule has 17 heavy (non-hydrogen) atoms. The lowest BCUT2D eigenvalue weighted by Crippen LogP contribution is -2.10. The second-order valence-corrected chi connectivity index (χ2v) is 4.47. The predicted octanol–water partition coefficient (Wildman–Crippen LogP) is 2.38. The van der Waals surface area contributed by atoms with Gasteiger partial charge in [0.25, 0.3) is 0 Å². The van der Waals surface area contributed by atoms with E-state index in [-0.39, 0.29) is 0 Å². The molecule has 1 heterocycles. The summed E-state index contributed by atoms with van der Waals surface area (Å²) in [4.78, 5) is 4.32. The highest BCUT2D eigenvalue weighted by molar-refractivity contribution is 6.35. The largest absolute Gasteiger partial charge is 0.330 e. The van der Waals surface area contributed by atoms with Crippen molar-refractivity contribution in [2.75, 3.05) is 6.54 Å². The zero-order valence-corrected chi connectivity index (χ0v) is 10.8. The first-order valence-corrected chi connectivity index (χ1v) is 5.95. The lowest BCUT2D eigenvalue weighted by Gasteiger charge is -2.07. The number of nitrogens with zero attached hydrogens (tertiary/aromatic N) is 3. The van der Waals surface area contributed by atoms with Gasteiger partial charge in [0.15, 0.2) is 0 Å². The summed E-state index contributed by atoms with van der Waals surface area (Å²) in [6.45, 7) is 2.35. The number of rotatable bonds is 3. The Balaban J connectivity index is 2.51. The summed E-state index contributed by atoms with van der Waals surface area (Å²) in [5.74, 6) is 1.49. The third kappa shape index (κ3) is 2.60. The number of hydrogen-bond donors (Lipinski definition) is 1. The van der Waals surface area contributed by atoms with E-state index in [9.17, 15) is 0 Å². The molecule has 2 aromatic rings. The Morgan fingerprint density at radius 1 is 1.35 bits per heavy atom. The van der Waals surface area contributed by atoms with Gasteiger partial charge in [-0.15, -0.1) is 0 Å². The Morgan fingerprint density at radius 2 is 2.12 bits per heavy atom. The standard InChI is InChI=1S/C11H12Cl2N4/c1-7-15-11(4-5-14)17(16-7)10-3-2-8(12)6-9(10)13/h2-3,6H,4-5,14H2,1H3. The van der Waals surface area contributed by atoms with Crippen molar-refractivity contribution in [2.24, 2.45) is 5.73 Å². The van der Waals surface area contributed by atoms with Gasteiger partial charge in [-0.05, 0) is 31.7 Å². The van der Waals surface area contributed by atoms with Gasteiger partial charge in [0, 0.05) is 11.4 Å². The highest BCUT2D eigenvalue weighted by atomic mass is 35.5. The van der Waals surface area contributed by atoms with Gasteiger partial charge in [0.05, 0.1) is 10.7 Å². The molecule has 0 fully saturated rings. The molecule has 2 rings (SSSR count). The molecule has 6 heteroatoms. The summed E-state index contributed by atoms with van der Waals surface area (Å²) >= 11 is 12.0. The topological polar surface area (TPSA) is 56.7 Å². The van der Waals surface area contributed by atoms with Crippen LogP contribution in [0.3, 0.4) is 0 Å². The van der Waals surface area contributed by atoms with Crippen molar-refractivity contribution < 1.29 is 0 Å². The van der Waals surface area contributed by atoms with E-state index in [0.29, 0.717) is 28.8 Å². The Morgan fingerprint density at radius 3 is 2.76 bits per heavy atom. The van der Waals surface area contributed by atoms with E-state index in [1.165, 1.54) is 0 Å². The number of hydrogen-bond acceptors (Lipinski definition) is 3. The molecule has 0 radical (unpaired) electrons. The van der Waals surface area contributed by atoms with E-state index in [2.05, 4.69) is 10.1 Å². The van der Waals surface area contributed by atoms with Crippen LogP contribution < -0.4 is 5.73 Å². The molecule has 0 amide bonds. The quantitative estimate of drug-likeness (QED) is 0.932. The van der Waals surface area contributed by atoms with Crippen LogP contribution >= 0.6 is 23.2 Å². The first-order chi connectivity index (χ1) is 8.11. The van der Waals surface area contributed by atoms with Gasteiger partial charge < -0.3 is 5.73 Å². The number of nitrogens with two attached hydrogens (primary N) is 1. The molecule has 0 aliphatic rings. The van der Waals surface area contributed by atoms with Crippen molar-refractivity contribution in [3.63, 3.8) is 0 Å². The van der Waals surface area contributed by atoms with Crippen molar-refractivity contribution in [1.82, 2.24) is 14.8 Å². The molecule has 1 aromatic carbocycles. The summed E-state index contributed by atoms with van der Waals surface area (Å²) in [5, 5.41) is 5.45. The van der Waals surface area contributed by atoms with Gasteiger partial charge in [-0.25, -0.2) is 9.67 Å². The highest BCUT2D eigenvalue weighted by Crippen LogP contribution is 2.24. The molecule has 0 atom stereocenters. The third-order valence-electron chi connectivity index (χ3n) is 2.29. The molecule has 0 aliphatic carbocycles. The lowest BCUT2D eigenvalue weighted by molar-refractivity contribution is 0.774. The van der Waals surface area contributed by atoms with E-state index in [1.54, 1.807) is 16.8 Å². The fraction of sp³-hybridized carbons (Fsp3) is 0.273. The minimum absolute atomic E-state index is 0.517. The highest BCUT2D eigenvalue weighted by Gasteiger charge is 2.11. The van der Waals surface area contributed by atoms with Crippen LogP contribution in [0.25, 0.3) is 5.69 Å². The van der Waals surface area contributed by atoms with Crippen molar-refractivity contribution in [1.29, 1.82) is 0 Å². The summed E-state index contributed by atoms with van der Waals surface area (Å²) < 4.78 is 1.71. The van der Waals surface area contributed by atoms with Crippen LogP contribution in [0.1, 0.15) is 11.6 Å². The minimum atomic E-state index is 0.517. The van der Waals surface area contributed by atoms with Gasteiger partial charge in [0.1, 0.15) is 11.6 Å². The first kappa shape index (κ1) is 12.4. The van der Waals surface area contributed by atoms with E-state index in [4.69, 9.17) is 28.9 Å². The molecule has 0 bridgehead atoms. The van der Waals surface area contributed by atoms with Crippen LogP contribution in [0.15, 0.2) is 18.2 Å². The van der Waals surface area contributed by atoms with Gasteiger partial charge in [-0.2, -0.15) is 5.10 Å². The smallest absolute Gasteiger partial charge is 0.148 e. The minimum Gasteiger partial charge on any atom is -0.330 e. The molecule has 0 saturated carbocycles.